The van der Waals surface area contributed by atoms with Crippen LogP contribution in [0.2, 0.25) is 0 Å². The van der Waals surface area contributed by atoms with Crippen molar-refractivity contribution in [2.75, 3.05) is 20.1 Å². The average Bonchev–Trinajstić information content (AvgIpc) is 2.14. The number of nitrogens with zero attached hydrogens (tertiary/aromatic N) is 1. The summed E-state index contributed by atoms with van der Waals surface area (Å²) >= 11 is 0. The van der Waals surface area contributed by atoms with Gasteiger partial charge in [-0.1, -0.05) is 41.5 Å². The number of hydrogen-bond acceptors (Lipinski definition) is 2. The lowest BCUT2D eigenvalue weighted by Gasteiger charge is -2.54. The Morgan fingerprint density at radius 3 is 2.17 bits per heavy atom. The third kappa shape index (κ3) is 3.48. The second-order valence-corrected chi connectivity index (χ2v) is 8.49. The number of hydrogen-bond donors (Lipinski definition) is 1. The molecule has 0 spiro atoms. The van der Waals surface area contributed by atoms with Gasteiger partial charge in [0.15, 0.2) is 0 Å². The van der Waals surface area contributed by atoms with Gasteiger partial charge in [-0.3, -0.25) is 4.90 Å². The summed E-state index contributed by atoms with van der Waals surface area (Å²) in [7, 11) is 2.27. The van der Waals surface area contributed by atoms with Gasteiger partial charge in [-0.2, -0.15) is 0 Å². The van der Waals surface area contributed by atoms with Crippen molar-refractivity contribution in [1.29, 1.82) is 0 Å². The van der Waals surface area contributed by atoms with Crippen LogP contribution in [0.15, 0.2) is 0 Å². The predicted octanol–water partition coefficient (Wildman–Crippen LogP) is 3.51. The molecular formula is C16H34N2. The highest BCUT2D eigenvalue weighted by Crippen LogP contribution is 2.46. The van der Waals surface area contributed by atoms with Crippen LogP contribution in [0.4, 0.5) is 0 Å². The first-order chi connectivity index (χ1) is 8.02. The predicted molar refractivity (Wildman–Crippen MR) is 80.7 cm³/mol. The van der Waals surface area contributed by atoms with E-state index in [9.17, 15) is 0 Å². The SMILES string of the molecule is CC1CC(C)(C)CCC1(CN)N(C)CC(C)(C)C. The summed E-state index contributed by atoms with van der Waals surface area (Å²) < 4.78 is 0. The Bertz CT molecular complexity index is 277. The van der Waals surface area contributed by atoms with Gasteiger partial charge in [-0.15, -0.1) is 0 Å². The zero-order chi connectivity index (χ0) is 14.2. The highest BCUT2D eigenvalue weighted by atomic mass is 15.2. The lowest BCUT2D eigenvalue weighted by Crippen LogP contribution is -2.61. The Hall–Kier alpha value is -0.0800. The van der Waals surface area contributed by atoms with E-state index in [1.165, 1.54) is 19.3 Å². The largest absolute Gasteiger partial charge is 0.329 e. The molecule has 2 N–H and O–H groups in total. The molecule has 0 amide bonds. The summed E-state index contributed by atoms with van der Waals surface area (Å²) in [6, 6.07) is 0. The smallest absolute Gasteiger partial charge is 0.0354 e. The first-order valence-electron chi connectivity index (χ1n) is 7.44. The van der Waals surface area contributed by atoms with E-state index >= 15 is 0 Å². The molecule has 2 atom stereocenters. The van der Waals surface area contributed by atoms with Gasteiger partial charge in [0.25, 0.3) is 0 Å². The van der Waals surface area contributed by atoms with Crippen molar-refractivity contribution in [1.82, 2.24) is 4.90 Å². The topological polar surface area (TPSA) is 29.3 Å². The van der Waals surface area contributed by atoms with Crippen molar-refractivity contribution in [3.63, 3.8) is 0 Å². The average molecular weight is 254 g/mol. The maximum absolute atomic E-state index is 6.20. The van der Waals surface area contributed by atoms with E-state index in [2.05, 4.69) is 53.5 Å². The lowest BCUT2D eigenvalue weighted by molar-refractivity contribution is -0.0215. The molecule has 1 saturated carbocycles. The van der Waals surface area contributed by atoms with Gasteiger partial charge >= 0.3 is 0 Å². The molecule has 0 aliphatic heterocycles. The molecule has 2 nitrogen and oxygen atoms in total. The number of rotatable bonds is 3. The fraction of sp³-hybridized carbons (Fsp3) is 1.00. The monoisotopic (exact) mass is 254 g/mol. The van der Waals surface area contributed by atoms with Crippen molar-refractivity contribution in [2.24, 2.45) is 22.5 Å². The molecule has 2 heteroatoms. The van der Waals surface area contributed by atoms with E-state index in [4.69, 9.17) is 5.73 Å². The molecule has 1 aliphatic carbocycles. The van der Waals surface area contributed by atoms with E-state index < -0.39 is 0 Å². The molecule has 0 aromatic rings. The summed E-state index contributed by atoms with van der Waals surface area (Å²) in [6.07, 6.45) is 3.83. The molecule has 18 heavy (non-hydrogen) atoms. The van der Waals surface area contributed by atoms with Crippen molar-refractivity contribution < 1.29 is 0 Å². The van der Waals surface area contributed by atoms with Crippen LogP contribution in [0.25, 0.3) is 0 Å². The molecule has 0 radical (unpaired) electrons. The quantitative estimate of drug-likeness (QED) is 0.835. The third-order valence-corrected chi connectivity index (χ3v) is 4.84. The fourth-order valence-electron chi connectivity index (χ4n) is 3.82. The Labute approximate surface area is 114 Å². The molecule has 1 fully saturated rings. The summed E-state index contributed by atoms with van der Waals surface area (Å²) in [5.74, 6) is 0.679. The summed E-state index contributed by atoms with van der Waals surface area (Å²) in [5.41, 5.74) is 7.23. The van der Waals surface area contributed by atoms with Gasteiger partial charge in [-0.05, 0) is 43.1 Å². The first-order valence-corrected chi connectivity index (χ1v) is 7.44. The normalized spacial score (nSPS) is 32.8. The van der Waals surface area contributed by atoms with Crippen LogP contribution in [0.5, 0.6) is 0 Å². The van der Waals surface area contributed by atoms with Crippen LogP contribution in [0, 0.1) is 16.7 Å². The van der Waals surface area contributed by atoms with Gasteiger partial charge in [0.05, 0.1) is 0 Å². The zero-order valence-electron chi connectivity index (χ0n) is 13.6. The Morgan fingerprint density at radius 1 is 1.22 bits per heavy atom. The van der Waals surface area contributed by atoms with Crippen molar-refractivity contribution in [3.8, 4) is 0 Å². The molecule has 2 unspecified atom stereocenters. The van der Waals surface area contributed by atoms with E-state index in [1.54, 1.807) is 0 Å². The van der Waals surface area contributed by atoms with Crippen LogP contribution < -0.4 is 5.73 Å². The minimum Gasteiger partial charge on any atom is -0.329 e. The molecule has 1 aliphatic rings. The Kier molecular flexibility index (Phi) is 4.55. The number of nitrogens with two attached hydrogens (primary N) is 1. The zero-order valence-corrected chi connectivity index (χ0v) is 13.6. The Balaban J connectivity index is 2.86. The van der Waals surface area contributed by atoms with Gasteiger partial charge in [-0.25, -0.2) is 0 Å². The van der Waals surface area contributed by atoms with Gasteiger partial charge in [0.1, 0.15) is 0 Å². The standard InChI is InChI=1S/C16H34N2/c1-13-10-15(5,6)8-9-16(13,11-17)18(7)12-14(2,3)4/h13H,8-12,17H2,1-7H3. The second kappa shape index (κ2) is 5.13. The summed E-state index contributed by atoms with van der Waals surface area (Å²) in [5, 5.41) is 0. The Morgan fingerprint density at radius 2 is 1.78 bits per heavy atom. The van der Waals surface area contributed by atoms with Gasteiger partial charge in [0, 0.05) is 18.6 Å². The molecule has 0 heterocycles. The second-order valence-electron chi connectivity index (χ2n) is 8.49. The highest BCUT2D eigenvalue weighted by Gasteiger charge is 2.45. The minimum atomic E-state index is 0.211. The summed E-state index contributed by atoms with van der Waals surface area (Å²) in [4.78, 5) is 2.55. The van der Waals surface area contributed by atoms with Crippen molar-refractivity contribution in [3.05, 3.63) is 0 Å². The summed E-state index contributed by atoms with van der Waals surface area (Å²) in [6.45, 7) is 16.0. The van der Waals surface area contributed by atoms with Crippen LogP contribution in [0.1, 0.15) is 60.8 Å². The molecule has 0 saturated heterocycles. The molecular weight excluding hydrogens is 220 g/mol. The molecule has 108 valence electrons. The minimum absolute atomic E-state index is 0.211. The fourth-order valence-corrected chi connectivity index (χ4v) is 3.82. The number of likely N-dealkylation sites (N-methyl/N-ethyl adjacent to an activating group) is 1. The van der Waals surface area contributed by atoms with E-state index in [1.807, 2.05) is 0 Å². The van der Waals surface area contributed by atoms with E-state index in [-0.39, 0.29) is 5.54 Å². The lowest BCUT2D eigenvalue weighted by atomic mass is 9.63. The highest BCUT2D eigenvalue weighted by molar-refractivity contribution is 5.01. The van der Waals surface area contributed by atoms with Crippen LogP contribution in [-0.4, -0.2) is 30.6 Å². The van der Waals surface area contributed by atoms with E-state index in [0.29, 0.717) is 16.7 Å². The molecule has 0 aromatic carbocycles. The maximum Gasteiger partial charge on any atom is 0.0354 e. The molecule has 0 bridgehead atoms. The van der Waals surface area contributed by atoms with Crippen molar-refractivity contribution >= 4 is 0 Å². The first kappa shape index (κ1) is 16.0. The van der Waals surface area contributed by atoms with Crippen LogP contribution >= 0.6 is 0 Å². The molecule has 1 rings (SSSR count). The van der Waals surface area contributed by atoms with Crippen LogP contribution in [-0.2, 0) is 0 Å². The molecule has 0 aromatic heterocycles. The van der Waals surface area contributed by atoms with Crippen LogP contribution in [0.3, 0.4) is 0 Å². The maximum atomic E-state index is 6.20. The van der Waals surface area contributed by atoms with Gasteiger partial charge < -0.3 is 5.73 Å². The van der Waals surface area contributed by atoms with E-state index in [0.717, 1.165) is 13.1 Å². The van der Waals surface area contributed by atoms with Gasteiger partial charge in [0.2, 0.25) is 0 Å². The third-order valence-electron chi connectivity index (χ3n) is 4.84. The van der Waals surface area contributed by atoms with Crippen molar-refractivity contribution in [2.45, 2.75) is 66.3 Å².